The molecule has 6 rings (SSSR count). The smallest absolute Gasteiger partial charge is 0.281 e. The van der Waals surface area contributed by atoms with E-state index in [0.717, 1.165) is 41.9 Å². The number of aromatic amines is 2. The summed E-state index contributed by atoms with van der Waals surface area (Å²) in [7, 11) is 1.66. The summed E-state index contributed by atoms with van der Waals surface area (Å²) in [6.45, 7) is 3.36. The molecule has 11 heteroatoms. The number of carbonyl (C=O) groups excluding carboxylic acids is 1. The number of benzene rings is 2. The minimum atomic E-state index is -0.330. The van der Waals surface area contributed by atoms with Crippen LogP contribution in [-0.2, 0) is 4.79 Å². The van der Waals surface area contributed by atoms with Crippen molar-refractivity contribution in [2.24, 2.45) is 0 Å². The SMILES string of the molecule is CCCOc1ccccc1-c1nc2[nH]nnc2c(=O)[nH]1.COc1ccc(C2CNC(=O)C2)cc1OC1CCCC1. The molecule has 0 radical (unpaired) electrons. The van der Waals surface area contributed by atoms with Crippen molar-refractivity contribution in [3.8, 4) is 28.6 Å². The van der Waals surface area contributed by atoms with Gasteiger partial charge in [-0.2, -0.15) is 0 Å². The molecule has 11 nitrogen and oxygen atoms in total. The van der Waals surface area contributed by atoms with Gasteiger partial charge in [-0.3, -0.25) is 9.59 Å². The van der Waals surface area contributed by atoms with Crippen LogP contribution in [0.4, 0.5) is 0 Å². The number of ether oxygens (including phenoxy) is 3. The van der Waals surface area contributed by atoms with Gasteiger partial charge >= 0.3 is 0 Å². The predicted molar refractivity (Wildman–Crippen MR) is 150 cm³/mol. The van der Waals surface area contributed by atoms with Crippen LogP contribution in [-0.4, -0.2) is 57.7 Å². The average molecular weight is 547 g/mol. The van der Waals surface area contributed by atoms with E-state index >= 15 is 0 Å². The van der Waals surface area contributed by atoms with Gasteiger partial charge in [-0.1, -0.05) is 30.3 Å². The standard InChI is InChI=1S/C16H21NO3.C13H13N5O2/c1-19-14-7-6-11(12-9-16(18)17-10-12)8-15(14)20-13-4-2-3-5-13;1-2-7-20-9-6-4-3-5-8(9)11-14-12-10(13(19)15-11)16-18-17-12/h6-8,12-13H,2-5,9-10H2,1H3,(H,17,18);3-6H,2,7H2,1H3,(H2,14,15,16,17,18,19). The number of fused-ring (bicyclic) bond motifs is 1. The van der Waals surface area contributed by atoms with E-state index in [9.17, 15) is 9.59 Å². The molecule has 1 aliphatic carbocycles. The Balaban J connectivity index is 0.000000161. The van der Waals surface area contributed by atoms with Crippen LogP contribution in [0.3, 0.4) is 0 Å². The van der Waals surface area contributed by atoms with Crippen LogP contribution < -0.4 is 25.1 Å². The van der Waals surface area contributed by atoms with Gasteiger partial charge in [-0.05, 0) is 61.9 Å². The van der Waals surface area contributed by atoms with Crippen LogP contribution >= 0.6 is 0 Å². The zero-order valence-electron chi connectivity index (χ0n) is 22.7. The number of H-pyrrole nitrogens is 2. The fourth-order valence-corrected chi connectivity index (χ4v) is 4.95. The van der Waals surface area contributed by atoms with Crippen LogP contribution in [0.5, 0.6) is 17.2 Å². The van der Waals surface area contributed by atoms with E-state index in [1.54, 1.807) is 7.11 Å². The van der Waals surface area contributed by atoms with Crippen LogP contribution in [0.1, 0.15) is 56.9 Å². The average Bonchev–Trinajstić information content (AvgIpc) is 3.75. The fraction of sp³-hybridized carbons (Fsp3) is 0.414. The summed E-state index contributed by atoms with van der Waals surface area (Å²) in [6.07, 6.45) is 6.51. The number of hydrogen-bond donors (Lipinski definition) is 3. The summed E-state index contributed by atoms with van der Waals surface area (Å²) < 4.78 is 17.2. The molecule has 1 saturated heterocycles. The van der Waals surface area contributed by atoms with Gasteiger partial charge in [0.25, 0.3) is 5.56 Å². The van der Waals surface area contributed by atoms with Gasteiger partial charge in [0.05, 0.1) is 25.4 Å². The molecule has 0 spiro atoms. The molecule has 1 aliphatic heterocycles. The van der Waals surface area contributed by atoms with Gasteiger partial charge in [-0.25, -0.2) is 10.1 Å². The van der Waals surface area contributed by atoms with Crippen LogP contribution in [0.25, 0.3) is 22.6 Å². The van der Waals surface area contributed by atoms with Gasteiger partial charge in [0.2, 0.25) is 5.91 Å². The lowest BCUT2D eigenvalue weighted by Crippen LogP contribution is -2.14. The van der Waals surface area contributed by atoms with E-state index in [0.29, 0.717) is 42.9 Å². The highest BCUT2D eigenvalue weighted by Crippen LogP contribution is 2.35. The third-order valence-electron chi connectivity index (χ3n) is 7.04. The van der Waals surface area contributed by atoms with Crippen molar-refractivity contribution in [1.82, 2.24) is 30.7 Å². The first-order valence-electron chi connectivity index (χ1n) is 13.7. The molecule has 0 bridgehead atoms. The normalized spacial score (nSPS) is 16.9. The molecule has 4 aromatic rings. The number of amides is 1. The maximum atomic E-state index is 11.9. The lowest BCUT2D eigenvalue weighted by Gasteiger charge is -2.18. The van der Waals surface area contributed by atoms with Crippen molar-refractivity contribution in [3.63, 3.8) is 0 Å². The maximum absolute atomic E-state index is 11.9. The zero-order valence-corrected chi connectivity index (χ0v) is 22.7. The Bertz CT molecular complexity index is 1510. The summed E-state index contributed by atoms with van der Waals surface area (Å²) in [5, 5.41) is 12.7. The van der Waals surface area contributed by atoms with Crippen molar-refractivity contribution >= 4 is 17.1 Å². The topological polar surface area (TPSA) is 144 Å². The van der Waals surface area contributed by atoms with E-state index in [1.165, 1.54) is 12.8 Å². The number of nitrogens with one attached hydrogen (secondary N) is 3. The summed E-state index contributed by atoms with van der Waals surface area (Å²) in [6, 6.07) is 13.5. The number of aromatic nitrogens is 5. The Morgan fingerprint density at radius 3 is 2.60 bits per heavy atom. The van der Waals surface area contributed by atoms with E-state index in [1.807, 2.05) is 49.4 Å². The first kappa shape index (κ1) is 27.2. The lowest BCUT2D eigenvalue weighted by molar-refractivity contribution is -0.119. The summed E-state index contributed by atoms with van der Waals surface area (Å²) in [4.78, 5) is 30.3. The molecule has 1 atom stereocenters. The molecule has 2 aliphatic rings. The van der Waals surface area contributed by atoms with Gasteiger partial charge < -0.3 is 24.5 Å². The Kier molecular flexibility index (Phi) is 8.58. The zero-order chi connectivity index (χ0) is 27.9. The molecule has 1 unspecified atom stereocenters. The number of para-hydroxylation sites is 1. The van der Waals surface area contributed by atoms with Crippen molar-refractivity contribution in [3.05, 3.63) is 58.4 Å². The van der Waals surface area contributed by atoms with E-state index in [4.69, 9.17) is 14.2 Å². The molecule has 2 aromatic carbocycles. The molecule has 3 heterocycles. The summed E-state index contributed by atoms with van der Waals surface area (Å²) >= 11 is 0. The van der Waals surface area contributed by atoms with Gasteiger partial charge in [0.1, 0.15) is 11.6 Å². The molecule has 40 heavy (non-hydrogen) atoms. The second-order valence-electron chi connectivity index (χ2n) is 9.91. The monoisotopic (exact) mass is 546 g/mol. The number of rotatable bonds is 8. The van der Waals surface area contributed by atoms with Crippen molar-refractivity contribution in [2.75, 3.05) is 20.3 Å². The lowest BCUT2D eigenvalue weighted by atomic mass is 9.98. The minimum absolute atomic E-state index is 0.129. The third-order valence-corrected chi connectivity index (χ3v) is 7.04. The number of methoxy groups -OCH3 is 1. The maximum Gasteiger partial charge on any atom is 0.281 e. The van der Waals surface area contributed by atoms with Crippen LogP contribution in [0, 0.1) is 0 Å². The molecule has 1 saturated carbocycles. The summed E-state index contributed by atoms with van der Waals surface area (Å²) in [5.41, 5.74) is 2.10. The first-order chi connectivity index (χ1) is 19.6. The molecule has 3 N–H and O–H groups in total. The number of carbonyl (C=O) groups is 1. The Morgan fingerprint density at radius 2 is 1.85 bits per heavy atom. The number of hydrogen-bond acceptors (Lipinski definition) is 8. The van der Waals surface area contributed by atoms with Gasteiger partial charge in [0, 0.05) is 18.9 Å². The Labute approximate surface area is 231 Å². The van der Waals surface area contributed by atoms with E-state index in [2.05, 4.69) is 30.7 Å². The van der Waals surface area contributed by atoms with Crippen LogP contribution in [0.2, 0.25) is 0 Å². The van der Waals surface area contributed by atoms with Crippen molar-refractivity contribution in [1.29, 1.82) is 0 Å². The van der Waals surface area contributed by atoms with E-state index in [-0.39, 0.29) is 22.9 Å². The Morgan fingerprint density at radius 1 is 1.02 bits per heavy atom. The van der Waals surface area contributed by atoms with Gasteiger partial charge in [0.15, 0.2) is 22.7 Å². The van der Waals surface area contributed by atoms with Crippen molar-refractivity contribution in [2.45, 2.75) is 57.5 Å². The molecule has 1 amide bonds. The molecule has 210 valence electrons. The Hall–Kier alpha value is -4.41. The third kappa shape index (κ3) is 6.24. The number of nitrogens with zero attached hydrogens (tertiary/aromatic N) is 3. The highest BCUT2D eigenvalue weighted by Gasteiger charge is 2.25. The first-order valence-corrected chi connectivity index (χ1v) is 13.7. The summed E-state index contributed by atoms with van der Waals surface area (Å²) in [5.74, 6) is 3.09. The predicted octanol–water partition coefficient (Wildman–Crippen LogP) is 4.12. The molecule has 2 aromatic heterocycles. The second-order valence-corrected chi connectivity index (χ2v) is 9.91. The minimum Gasteiger partial charge on any atom is -0.493 e. The highest BCUT2D eigenvalue weighted by atomic mass is 16.5. The highest BCUT2D eigenvalue weighted by molar-refractivity contribution is 5.79. The van der Waals surface area contributed by atoms with Crippen molar-refractivity contribution < 1.29 is 19.0 Å². The quantitative estimate of drug-likeness (QED) is 0.299. The van der Waals surface area contributed by atoms with Crippen LogP contribution in [0.15, 0.2) is 47.3 Å². The molecule has 2 fully saturated rings. The largest absolute Gasteiger partial charge is 0.493 e. The molecular weight excluding hydrogens is 512 g/mol. The second kappa shape index (κ2) is 12.6. The van der Waals surface area contributed by atoms with Gasteiger partial charge in [-0.15, -0.1) is 5.10 Å². The fourth-order valence-electron chi connectivity index (χ4n) is 4.95. The molecular formula is C29H34N6O5. The van der Waals surface area contributed by atoms with E-state index < -0.39 is 0 Å².